The molecule has 13 heteroatoms. The molecule has 0 aliphatic carbocycles. The molecule has 8 rings (SSSR count). The summed E-state index contributed by atoms with van der Waals surface area (Å²) in [5, 5.41) is 23.1. The Morgan fingerprint density at radius 2 is 1.64 bits per heavy atom. The second kappa shape index (κ2) is 17.0. The number of carbonyl (C=O) groups excluding carboxylic acids is 1. The zero-order chi connectivity index (χ0) is 40.2. The predicted octanol–water partition coefficient (Wildman–Crippen LogP) is 8.35. The Labute approximate surface area is 344 Å². The highest BCUT2D eigenvalue weighted by Crippen LogP contribution is 2.41. The minimum absolute atomic E-state index is 0.0894. The Morgan fingerprint density at radius 3 is 2.33 bits per heavy atom. The molecule has 11 nitrogen and oxygen atoms in total. The number of aromatic nitrogens is 1. The van der Waals surface area contributed by atoms with Crippen molar-refractivity contribution in [1.82, 2.24) is 15.2 Å². The number of halogens is 2. The highest BCUT2D eigenvalue weighted by molar-refractivity contribution is 6.42. The lowest BCUT2D eigenvalue weighted by atomic mass is 9.92. The minimum atomic E-state index is -1.17. The number of rotatable bonds is 12. The van der Waals surface area contributed by atoms with Crippen molar-refractivity contribution in [1.29, 1.82) is 5.26 Å². The molecule has 0 saturated carbocycles. The molecule has 2 N–H and O–H groups in total. The summed E-state index contributed by atoms with van der Waals surface area (Å²) < 4.78 is 24.2. The largest absolute Gasteiger partial charge is 0.489 e. The van der Waals surface area contributed by atoms with Crippen LogP contribution in [0.3, 0.4) is 0 Å². The van der Waals surface area contributed by atoms with Gasteiger partial charge in [0.05, 0.1) is 40.5 Å². The van der Waals surface area contributed by atoms with E-state index in [0.717, 1.165) is 38.9 Å². The quantitative estimate of drug-likeness (QED) is 0.124. The number of carboxylic acids is 1. The molecule has 2 aliphatic rings. The summed E-state index contributed by atoms with van der Waals surface area (Å²) in [6.45, 7) is 1.21. The van der Waals surface area contributed by atoms with Crippen molar-refractivity contribution >= 4 is 35.1 Å². The van der Waals surface area contributed by atoms with Crippen LogP contribution < -0.4 is 19.5 Å². The van der Waals surface area contributed by atoms with Crippen LogP contribution in [0.15, 0.2) is 120 Å². The standard InChI is InChI=1S/C45H36Cl2N4O7/c46-36-14-5-29(17-37(36)47)25-56-35-12-10-32(11-13-35)42-26-57-40-20-33-19-39(51(24-43-49-15-16-55-43)23-34(33)21-41(40)58-42)44(52)50-38(45(53)54)18-27-1-6-30(7-2-27)31-8-3-28(22-48)4-9-31/h1-17,20-21,38-39,42H,18-19,23-26H2,(H,50,52)(H,53,54)/t38-,39-,42?/m0/s1. The average molecular weight is 816 g/mol. The molecule has 5 aromatic carbocycles. The molecule has 0 spiro atoms. The molecule has 6 aromatic rings. The van der Waals surface area contributed by atoms with E-state index in [4.69, 9.17) is 47.1 Å². The third-order valence-electron chi connectivity index (χ3n) is 10.3. The van der Waals surface area contributed by atoms with Crippen LogP contribution in [0.2, 0.25) is 10.0 Å². The highest BCUT2D eigenvalue weighted by Gasteiger charge is 2.36. The van der Waals surface area contributed by atoms with E-state index in [0.29, 0.717) is 58.3 Å². The van der Waals surface area contributed by atoms with E-state index in [1.54, 1.807) is 30.5 Å². The van der Waals surface area contributed by atoms with Gasteiger partial charge in [0.2, 0.25) is 11.8 Å². The number of benzene rings is 5. The van der Waals surface area contributed by atoms with Crippen molar-refractivity contribution in [2.45, 2.75) is 50.7 Å². The molecule has 58 heavy (non-hydrogen) atoms. The summed E-state index contributed by atoms with van der Waals surface area (Å²) in [6.07, 6.45) is 3.06. The maximum Gasteiger partial charge on any atom is 0.326 e. The highest BCUT2D eigenvalue weighted by atomic mass is 35.5. The molecule has 1 amide bonds. The van der Waals surface area contributed by atoms with Gasteiger partial charge in [-0.1, -0.05) is 77.8 Å². The molecule has 0 fully saturated rings. The number of aliphatic carboxylic acids is 1. The Bertz CT molecular complexity index is 2470. The number of carbonyl (C=O) groups is 2. The van der Waals surface area contributed by atoms with Gasteiger partial charge < -0.3 is 29.1 Å². The second-order valence-corrected chi connectivity index (χ2v) is 14.9. The fourth-order valence-corrected chi connectivity index (χ4v) is 7.47. The van der Waals surface area contributed by atoms with Crippen molar-refractivity contribution in [3.63, 3.8) is 0 Å². The number of ether oxygens (including phenoxy) is 3. The maximum atomic E-state index is 14.0. The molecular weight excluding hydrogens is 779 g/mol. The number of oxazole rings is 1. The number of carboxylic acid groups (broad SMARTS) is 1. The van der Waals surface area contributed by atoms with Crippen LogP contribution in [-0.4, -0.2) is 45.6 Å². The second-order valence-electron chi connectivity index (χ2n) is 14.1. The van der Waals surface area contributed by atoms with Gasteiger partial charge in [-0.3, -0.25) is 9.69 Å². The van der Waals surface area contributed by atoms with Gasteiger partial charge in [-0.05, 0) is 93.9 Å². The smallest absolute Gasteiger partial charge is 0.326 e. The molecule has 292 valence electrons. The molecule has 2 aliphatic heterocycles. The molecular formula is C45H36Cl2N4O7. The lowest BCUT2D eigenvalue weighted by Crippen LogP contribution is -2.54. The van der Waals surface area contributed by atoms with Crippen LogP contribution in [0.1, 0.15) is 45.4 Å². The van der Waals surface area contributed by atoms with E-state index in [1.165, 1.54) is 6.26 Å². The summed E-state index contributed by atoms with van der Waals surface area (Å²) in [4.78, 5) is 32.7. The van der Waals surface area contributed by atoms with E-state index >= 15 is 0 Å². The third kappa shape index (κ3) is 8.80. The lowest BCUT2D eigenvalue weighted by molar-refractivity contribution is -0.143. The first-order valence-corrected chi connectivity index (χ1v) is 19.3. The summed E-state index contributed by atoms with van der Waals surface area (Å²) >= 11 is 12.2. The Balaban J connectivity index is 0.945. The van der Waals surface area contributed by atoms with E-state index < -0.39 is 24.0 Å². The molecule has 0 bridgehead atoms. The third-order valence-corrected chi connectivity index (χ3v) is 11.0. The number of hydrogen-bond acceptors (Lipinski definition) is 9. The summed E-state index contributed by atoms with van der Waals surface area (Å²) in [7, 11) is 0. The fraction of sp³-hybridized carbons (Fsp3) is 0.200. The Hall–Kier alpha value is -6.32. The number of nitrogens with zero attached hydrogens (tertiary/aromatic N) is 3. The molecule has 1 unspecified atom stereocenters. The van der Waals surface area contributed by atoms with E-state index in [1.807, 2.05) is 83.8 Å². The van der Waals surface area contributed by atoms with E-state index in [9.17, 15) is 14.7 Å². The zero-order valence-corrected chi connectivity index (χ0v) is 32.5. The van der Waals surface area contributed by atoms with E-state index in [2.05, 4.69) is 16.4 Å². The van der Waals surface area contributed by atoms with Gasteiger partial charge in [0, 0.05) is 13.0 Å². The normalized spacial score (nSPS) is 16.4. The van der Waals surface area contributed by atoms with Gasteiger partial charge in [0.25, 0.3) is 0 Å². The van der Waals surface area contributed by atoms with Gasteiger partial charge >= 0.3 is 5.97 Å². The maximum absolute atomic E-state index is 14.0. The number of nitrogens with one attached hydrogen (secondary N) is 1. The fourth-order valence-electron chi connectivity index (χ4n) is 7.15. The number of hydrogen-bond donors (Lipinski definition) is 2. The van der Waals surface area contributed by atoms with Gasteiger partial charge in [-0.2, -0.15) is 5.26 Å². The van der Waals surface area contributed by atoms with Crippen LogP contribution in [0, 0.1) is 11.3 Å². The number of fused-ring (bicyclic) bond motifs is 2. The molecule has 3 heterocycles. The van der Waals surface area contributed by atoms with Crippen molar-refractivity contribution in [2.24, 2.45) is 0 Å². The van der Waals surface area contributed by atoms with Crippen LogP contribution in [0.4, 0.5) is 0 Å². The van der Waals surface area contributed by atoms with Gasteiger partial charge in [0.1, 0.15) is 31.3 Å². The van der Waals surface area contributed by atoms with Crippen molar-refractivity contribution in [3.05, 3.63) is 165 Å². The lowest BCUT2D eigenvalue weighted by Gasteiger charge is -2.37. The van der Waals surface area contributed by atoms with Crippen molar-refractivity contribution in [3.8, 4) is 34.4 Å². The first-order chi connectivity index (χ1) is 28.2. The van der Waals surface area contributed by atoms with Gasteiger partial charge in [-0.15, -0.1) is 0 Å². The summed E-state index contributed by atoms with van der Waals surface area (Å²) in [5.74, 6) is 0.725. The summed E-state index contributed by atoms with van der Waals surface area (Å²) in [5.41, 5.74) is 6.85. The van der Waals surface area contributed by atoms with Crippen LogP contribution in [0.25, 0.3) is 11.1 Å². The number of nitriles is 1. The minimum Gasteiger partial charge on any atom is -0.489 e. The van der Waals surface area contributed by atoms with Crippen molar-refractivity contribution < 1.29 is 33.3 Å². The monoisotopic (exact) mass is 814 g/mol. The van der Waals surface area contributed by atoms with Gasteiger partial charge in [-0.25, -0.2) is 9.78 Å². The average Bonchev–Trinajstić information content (AvgIpc) is 3.76. The first-order valence-electron chi connectivity index (χ1n) is 18.6. The predicted molar refractivity (Wildman–Crippen MR) is 216 cm³/mol. The molecule has 3 atom stereocenters. The zero-order valence-electron chi connectivity index (χ0n) is 30.9. The van der Waals surface area contributed by atoms with E-state index in [-0.39, 0.29) is 25.7 Å². The SMILES string of the molecule is N#Cc1ccc(-c2ccc(C[C@H](NC(=O)[C@@H]3Cc4cc5c(cc4CN3Cc3ncco3)OC(c3ccc(OCc4ccc(Cl)c(Cl)c4)cc3)CO5)C(=O)O)cc2)cc1. The Kier molecular flexibility index (Phi) is 11.3. The summed E-state index contributed by atoms with van der Waals surface area (Å²) in [6, 6.07) is 31.9. The van der Waals surface area contributed by atoms with Crippen LogP contribution >= 0.6 is 23.2 Å². The van der Waals surface area contributed by atoms with Gasteiger partial charge in [0.15, 0.2) is 17.6 Å². The molecule has 0 saturated heterocycles. The van der Waals surface area contributed by atoms with Crippen LogP contribution in [0.5, 0.6) is 17.2 Å². The van der Waals surface area contributed by atoms with Crippen LogP contribution in [-0.2, 0) is 42.1 Å². The molecule has 1 aromatic heterocycles. The number of amides is 1. The molecule has 0 radical (unpaired) electrons. The first kappa shape index (κ1) is 38.5. The van der Waals surface area contributed by atoms with Crippen molar-refractivity contribution in [2.75, 3.05) is 6.61 Å². The topological polar surface area (TPSA) is 147 Å². The Morgan fingerprint density at radius 1 is 0.914 bits per heavy atom.